The van der Waals surface area contributed by atoms with Crippen LogP contribution < -0.4 is 5.73 Å². The van der Waals surface area contributed by atoms with Crippen LogP contribution in [0.1, 0.15) is 5.82 Å². The Labute approximate surface area is 85.6 Å². The van der Waals surface area contributed by atoms with E-state index in [2.05, 4.69) is 9.97 Å². The second kappa shape index (κ2) is 3.78. The highest BCUT2D eigenvalue weighted by Crippen LogP contribution is 2.18. The van der Waals surface area contributed by atoms with Crippen molar-refractivity contribution in [2.75, 3.05) is 12.3 Å². The summed E-state index contributed by atoms with van der Waals surface area (Å²) in [5, 5.41) is 9.37. The first-order valence-corrected chi connectivity index (χ1v) is 4.53. The zero-order chi connectivity index (χ0) is 10.8. The SMILES string of the molecule is Nc1nc(CCO)nc2cc(F)ccc12. The molecule has 2 rings (SSSR count). The van der Waals surface area contributed by atoms with Crippen molar-refractivity contribution in [2.45, 2.75) is 6.42 Å². The number of halogens is 1. The average molecular weight is 207 g/mol. The molecular weight excluding hydrogens is 197 g/mol. The maximum Gasteiger partial charge on any atom is 0.135 e. The number of aromatic nitrogens is 2. The Morgan fingerprint density at radius 1 is 1.33 bits per heavy atom. The minimum atomic E-state index is -0.365. The largest absolute Gasteiger partial charge is 0.396 e. The van der Waals surface area contributed by atoms with E-state index in [1.807, 2.05) is 0 Å². The number of nitrogens with zero attached hydrogens (tertiary/aromatic N) is 2. The summed E-state index contributed by atoms with van der Waals surface area (Å²) < 4.78 is 12.9. The van der Waals surface area contributed by atoms with E-state index in [-0.39, 0.29) is 12.4 Å². The molecule has 1 heterocycles. The minimum Gasteiger partial charge on any atom is -0.396 e. The van der Waals surface area contributed by atoms with E-state index in [1.54, 1.807) is 6.07 Å². The van der Waals surface area contributed by atoms with Gasteiger partial charge in [0, 0.05) is 17.9 Å². The fourth-order valence-corrected chi connectivity index (χ4v) is 1.39. The van der Waals surface area contributed by atoms with Crippen molar-refractivity contribution in [1.82, 2.24) is 9.97 Å². The molecule has 5 heteroatoms. The Morgan fingerprint density at radius 2 is 2.13 bits per heavy atom. The molecule has 78 valence electrons. The number of nitrogen functional groups attached to an aromatic ring is 1. The second-order valence-corrected chi connectivity index (χ2v) is 3.16. The van der Waals surface area contributed by atoms with Gasteiger partial charge in [-0.25, -0.2) is 14.4 Å². The fraction of sp³-hybridized carbons (Fsp3) is 0.200. The van der Waals surface area contributed by atoms with Crippen LogP contribution in [0, 0.1) is 5.82 Å². The standard InChI is InChI=1S/C10H10FN3O/c11-6-1-2-7-8(5-6)13-9(3-4-15)14-10(7)12/h1-2,5,15H,3-4H2,(H2,12,13,14). The van der Waals surface area contributed by atoms with Crippen LogP contribution in [0.5, 0.6) is 0 Å². The molecule has 0 saturated heterocycles. The van der Waals surface area contributed by atoms with Crippen LogP contribution in [0.4, 0.5) is 10.2 Å². The van der Waals surface area contributed by atoms with Gasteiger partial charge in [0.05, 0.1) is 12.1 Å². The number of aliphatic hydroxyl groups excluding tert-OH is 1. The fourth-order valence-electron chi connectivity index (χ4n) is 1.39. The third kappa shape index (κ3) is 1.87. The molecule has 0 bridgehead atoms. The second-order valence-electron chi connectivity index (χ2n) is 3.16. The summed E-state index contributed by atoms with van der Waals surface area (Å²) >= 11 is 0. The Bertz CT molecular complexity index is 501. The van der Waals surface area contributed by atoms with Gasteiger partial charge in [-0.05, 0) is 12.1 Å². The smallest absolute Gasteiger partial charge is 0.135 e. The quantitative estimate of drug-likeness (QED) is 0.767. The number of rotatable bonds is 2. The van der Waals surface area contributed by atoms with Crippen LogP contribution in [-0.2, 0) is 6.42 Å². The lowest BCUT2D eigenvalue weighted by atomic mass is 10.2. The summed E-state index contributed by atoms with van der Waals surface area (Å²) in [6.07, 6.45) is 0.316. The number of hydrogen-bond acceptors (Lipinski definition) is 4. The Morgan fingerprint density at radius 3 is 2.87 bits per heavy atom. The molecule has 2 aromatic rings. The van der Waals surface area contributed by atoms with Gasteiger partial charge >= 0.3 is 0 Å². The highest BCUT2D eigenvalue weighted by molar-refractivity contribution is 5.87. The van der Waals surface area contributed by atoms with Crippen LogP contribution in [0.3, 0.4) is 0 Å². The van der Waals surface area contributed by atoms with Crippen LogP contribution in [-0.4, -0.2) is 21.7 Å². The molecule has 0 atom stereocenters. The van der Waals surface area contributed by atoms with Crippen molar-refractivity contribution in [2.24, 2.45) is 0 Å². The van der Waals surface area contributed by atoms with Gasteiger partial charge in [-0.15, -0.1) is 0 Å². The van der Waals surface area contributed by atoms with Gasteiger partial charge in [0.2, 0.25) is 0 Å². The lowest BCUT2D eigenvalue weighted by Crippen LogP contribution is -2.03. The first-order valence-electron chi connectivity index (χ1n) is 4.53. The van der Waals surface area contributed by atoms with Crippen LogP contribution >= 0.6 is 0 Å². The van der Waals surface area contributed by atoms with Crippen molar-refractivity contribution in [1.29, 1.82) is 0 Å². The topological polar surface area (TPSA) is 72.0 Å². The number of hydrogen-bond donors (Lipinski definition) is 2. The summed E-state index contributed by atoms with van der Waals surface area (Å²) in [7, 11) is 0. The van der Waals surface area contributed by atoms with Gasteiger partial charge in [-0.2, -0.15) is 0 Å². The molecule has 3 N–H and O–H groups in total. The molecule has 0 saturated carbocycles. The average Bonchev–Trinajstić information content (AvgIpc) is 2.17. The van der Waals surface area contributed by atoms with Gasteiger partial charge in [-0.1, -0.05) is 0 Å². The van der Waals surface area contributed by atoms with Crippen LogP contribution in [0.25, 0.3) is 10.9 Å². The third-order valence-corrected chi connectivity index (χ3v) is 2.07. The predicted molar refractivity (Wildman–Crippen MR) is 54.7 cm³/mol. The molecule has 0 radical (unpaired) electrons. The van der Waals surface area contributed by atoms with Gasteiger partial charge in [0.15, 0.2) is 0 Å². The lowest BCUT2D eigenvalue weighted by molar-refractivity contribution is 0.297. The molecule has 1 aromatic heterocycles. The summed E-state index contributed by atoms with van der Waals surface area (Å²) in [5.74, 6) is 0.368. The molecule has 0 spiro atoms. The monoisotopic (exact) mass is 207 g/mol. The van der Waals surface area contributed by atoms with Crippen LogP contribution in [0.2, 0.25) is 0 Å². The van der Waals surface area contributed by atoms with Crippen molar-refractivity contribution in [3.8, 4) is 0 Å². The minimum absolute atomic E-state index is 0.0553. The molecule has 1 aromatic carbocycles. The number of fused-ring (bicyclic) bond motifs is 1. The van der Waals surface area contributed by atoms with Gasteiger partial charge in [0.25, 0.3) is 0 Å². The summed E-state index contributed by atoms with van der Waals surface area (Å²) in [4.78, 5) is 8.10. The van der Waals surface area contributed by atoms with Crippen molar-refractivity contribution >= 4 is 16.7 Å². The Kier molecular flexibility index (Phi) is 2.47. The number of aliphatic hydroxyl groups is 1. The lowest BCUT2D eigenvalue weighted by Gasteiger charge is -2.03. The Hall–Kier alpha value is -1.75. The molecule has 4 nitrogen and oxygen atoms in total. The Balaban J connectivity index is 2.63. The van der Waals surface area contributed by atoms with Crippen molar-refractivity contribution in [3.63, 3.8) is 0 Å². The van der Waals surface area contributed by atoms with Crippen molar-refractivity contribution < 1.29 is 9.50 Å². The maximum atomic E-state index is 12.9. The molecule has 0 aliphatic carbocycles. The van der Waals surface area contributed by atoms with E-state index in [0.717, 1.165) is 0 Å². The zero-order valence-electron chi connectivity index (χ0n) is 7.94. The number of benzene rings is 1. The van der Waals surface area contributed by atoms with Crippen molar-refractivity contribution in [3.05, 3.63) is 29.8 Å². The van der Waals surface area contributed by atoms with Gasteiger partial charge in [0.1, 0.15) is 17.5 Å². The molecule has 0 amide bonds. The van der Waals surface area contributed by atoms with E-state index in [4.69, 9.17) is 10.8 Å². The van der Waals surface area contributed by atoms with E-state index < -0.39 is 0 Å². The first-order chi connectivity index (χ1) is 7.20. The summed E-state index contributed by atoms with van der Waals surface area (Å²) in [6.45, 7) is -0.0553. The molecule has 0 aliphatic heterocycles. The normalized spacial score (nSPS) is 10.8. The zero-order valence-corrected chi connectivity index (χ0v) is 7.94. The number of anilines is 1. The van der Waals surface area contributed by atoms with E-state index in [0.29, 0.717) is 29.0 Å². The first kappa shape index (κ1) is 9.79. The highest BCUT2D eigenvalue weighted by atomic mass is 19.1. The maximum absolute atomic E-state index is 12.9. The van der Waals surface area contributed by atoms with Crippen LogP contribution in [0.15, 0.2) is 18.2 Å². The van der Waals surface area contributed by atoms with E-state index in [1.165, 1.54) is 12.1 Å². The molecule has 0 fully saturated rings. The molecule has 0 aliphatic rings. The van der Waals surface area contributed by atoms with Gasteiger partial charge < -0.3 is 10.8 Å². The van der Waals surface area contributed by atoms with E-state index >= 15 is 0 Å². The predicted octanol–water partition coefficient (Wildman–Crippen LogP) is 0.886. The highest BCUT2D eigenvalue weighted by Gasteiger charge is 2.05. The third-order valence-electron chi connectivity index (χ3n) is 2.07. The number of nitrogens with two attached hydrogens (primary N) is 1. The molecule has 15 heavy (non-hydrogen) atoms. The van der Waals surface area contributed by atoms with E-state index in [9.17, 15) is 4.39 Å². The van der Waals surface area contributed by atoms with Gasteiger partial charge in [-0.3, -0.25) is 0 Å². The molecule has 0 unspecified atom stereocenters. The summed E-state index contributed by atoms with van der Waals surface area (Å²) in [5.41, 5.74) is 6.15. The molecular formula is C10H10FN3O. The summed E-state index contributed by atoms with van der Waals surface area (Å²) in [6, 6.07) is 4.16.